The maximum atomic E-state index is 5.78. The zero-order valence-corrected chi connectivity index (χ0v) is 17.1. The second-order valence-electron chi connectivity index (χ2n) is 7.91. The lowest BCUT2D eigenvalue weighted by atomic mass is 9.95. The highest BCUT2D eigenvalue weighted by molar-refractivity contribution is 5.92. The maximum absolute atomic E-state index is 5.78. The zero-order chi connectivity index (χ0) is 20.2. The van der Waals surface area contributed by atoms with E-state index in [-0.39, 0.29) is 0 Å². The standard InChI is InChI=1S/C26H27N3/c1-18(2)8-13-24-23-16-22(20-6-4-3-5-7-20)26(29-25(23)14-15-28-24)21-11-9-19(17-27)10-12-21/h3-7,9-12,14-16,18H,8,13,17,27H2,1-2H3. The van der Waals surface area contributed by atoms with Gasteiger partial charge in [-0.05, 0) is 42.0 Å². The van der Waals surface area contributed by atoms with Gasteiger partial charge in [0.2, 0.25) is 0 Å². The van der Waals surface area contributed by atoms with Crippen molar-refractivity contribution in [1.29, 1.82) is 0 Å². The number of fused-ring (bicyclic) bond motifs is 1. The number of hydrogen-bond acceptors (Lipinski definition) is 3. The van der Waals surface area contributed by atoms with Gasteiger partial charge in [-0.15, -0.1) is 0 Å². The van der Waals surface area contributed by atoms with E-state index in [0.717, 1.165) is 51.8 Å². The predicted octanol–water partition coefficient (Wildman–Crippen LogP) is 6.01. The van der Waals surface area contributed by atoms with Crippen LogP contribution in [0.3, 0.4) is 0 Å². The molecule has 0 fully saturated rings. The smallest absolute Gasteiger partial charge is 0.0788 e. The number of rotatable bonds is 6. The second-order valence-corrected chi connectivity index (χ2v) is 7.91. The highest BCUT2D eigenvalue weighted by Crippen LogP contribution is 2.34. The Balaban J connectivity index is 1.91. The first kappa shape index (κ1) is 19.3. The third kappa shape index (κ3) is 4.20. The quantitative estimate of drug-likeness (QED) is 0.445. The van der Waals surface area contributed by atoms with Gasteiger partial charge < -0.3 is 5.73 Å². The van der Waals surface area contributed by atoms with E-state index in [4.69, 9.17) is 10.7 Å². The van der Waals surface area contributed by atoms with E-state index >= 15 is 0 Å². The molecule has 0 amide bonds. The molecule has 0 atom stereocenters. The molecule has 2 heterocycles. The van der Waals surface area contributed by atoms with Crippen molar-refractivity contribution in [3.8, 4) is 22.4 Å². The first-order valence-corrected chi connectivity index (χ1v) is 10.3. The Morgan fingerprint density at radius 3 is 2.34 bits per heavy atom. The van der Waals surface area contributed by atoms with Crippen LogP contribution in [-0.4, -0.2) is 9.97 Å². The summed E-state index contributed by atoms with van der Waals surface area (Å²) in [6, 6.07) is 23.2. The molecule has 0 bridgehead atoms. The minimum Gasteiger partial charge on any atom is -0.326 e. The van der Waals surface area contributed by atoms with E-state index in [0.29, 0.717) is 12.5 Å². The molecule has 4 aromatic rings. The molecule has 0 saturated heterocycles. The van der Waals surface area contributed by atoms with E-state index in [9.17, 15) is 0 Å². The van der Waals surface area contributed by atoms with Crippen LogP contribution in [0.2, 0.25) is 0 Å². The highest BCUT2D eigenvalue weighted by atomic mass is 14.7. The fourth-order valence-electron chi connectivity index (χ4n) is 3.63. The van der Waals surface area contributed by atoms with Crippen molar-refractivity contribution < 1.29 is 0 Å². The van der Waals surface area contributed by atoms with Crippen LogP contribution in [-0.2, 0) is 13.0 Å². The van der Waals surface area contributed by atoms with E-state index in [1.54, 1.807) is 0 Å². The molecule has 0 unspecified atom stereocenters. The molecule has 146 valence electrons. The average molecular weight is 382 g/mol. The van der Waals surface area contributed by atoms with Gasteiger partial charge in [-0.2, -0.15) is 0 Å². The van der Waals surface area contributed by atoms with Crippen molar-refractivity contribution in [2.45, 2.75) is 33.2 Å². The Morgan fingerprint density at radius 2 is 1.66 bits per heavy atom. The van der Waals surface area contributed by atoms with Gasteiger partial charge in [0.05, 0.1) is 11.2 Å². The molecular weight excluding hydrogens is 354 g/mol. The van der Waals surface area contributed by atoms with Gasteiger partial charge in [-0.25, -0.2) is 4.98 Å². The number of pyridine rings is 2. The first-order chi connectivity index (χ1) is 14.2. The van der Waals surface area contributed by atoms with Crippen molar-refractivity contribution in [2.75, 3.05) is 0 Å². The number of aromatic nitrogens is 2. The summed E-state index contributed by atoms with van der Waals surface area (Å²) in [4.78, 5) is 9.78. The molecule has 0 aliphatic rings. The lowest BCUT2D eigenvalue weighted by Gasteiger charge is -2.14. The van der Waals surface area contributed by atoms with Crippen molar-refractivity contribution in [3.63, 3.8) is 0 Å². The summed E-state index contributed by atoms with van der Waals surface area (Å²) < 4.78 is 0. The molecule has 4 rings (SSSR count). The minimum absolute atomic E-state index is 0.544. The van der Waals surface area contributed by atoms with E-state index in [1.807, 2.05) is 18.3 Å². The van der Waals surface area contributed by atoms with Crippen LogP contribution in [0, 0.1) is 5.92 Å². The van der Waals surface area contributed by atoms with Crippen molar-refractivity contribution in [3.05, 3.63) is 84.2 Å². The molecule has 0 aliphatic carbocycles. The second kappa shape index (κ2) is 8.54. The number of aryl methyl sites for hydroxylation is 1. The Hall–Kier alpha value is -3.04. The third-order valence-corrected chi connectivity index (χ3v) is 5.33. The maximum Gasteiger partial charge on any atom is 0.0788 e. The number of benzene rings is 2. The van der Waals surface area contributed by atoms with Crippen LogP contribution in [0.25, 0.3) is 33.3 Å². The molecule has 0 radical (unpaired) electrons. The Labute approximate surface area is 172 Å². The summed E-state index contributed by atoms with van der Waals surface area (Å²) in [5.41, 5.74) is 13.4. The molecule has 0 saturated carbocycles. The van der Waals surface area contributed by atoms with Gasteiger partial charge in [0.25, 0.3) is 0 Å². The minimum atomic E-state index is 0.544. The van der Waals surface area contributed by atoms with E-state index in [2.05, 4.69) is 73.4 Å². The lowest BCUT2D eigenvalue weighted by Crippen LogP contribution is -1.99. The lowest BCUT2D eigenvalue weighted by molar-refractivity contribution is 0.583. The van der Waals surface area contributed by atoms with Crippen LogP contribution < -0.4 is 5.73 Å². The van der Waals surface area contributed by atoms with Crippen LogP contribution in [0.4, 0.5) is 0 Å². The molecule has 2 aromatic heterocycles. The fraction of sp³-hybridized carbons (Fsp3) is 0.231. The highest BCUT2D eigenvalue weighted by Gasteiger charge is 2.14. The molecule has 3 heteroatoms. The monoisotopic (exact) mass is 381 g/mol. The summed E-state index contributed by atoms with van der Waals surface area (Å²) in [5, 5.41) is 1.15. The zero-order valence-electron chi connectivity index (χ0n) is 17.1. The summed E-state index contributed by atoms with van der Waals surface area (Å²) >= 11 is 0. The Bertz CT molecular complexity index is 1100. The topological polar surface area (TPSA) is 51.8 Å². The molecule has 29 heavy (non-hydrogen) atoms. The van der Waals surface area contributed by atoms with Crippen molar-refractivity contribution >= 4 is 10.9 Å². The van der Waals surface area contributed by atoms with Crippen LogP contribution in [0.5, 0.6) is 0 Å². The molecule has 0 aliphatic heterocycles. The number of nitrogens with two attached hydrogens (primary N) is 1. The SMILES string of the molecule is CC(C)CCc1nccc2nc(-c3ccc(CN)cc3)c(-c3ccccc3)cc12. The molecule has 2 N–H and O–H groups in total. The average Bonchev–Trinajstić information content (AvgIpc) is 2.77. The number of hydrogen-bond donors (Lipinski definition) is 1. The summed E-state index contributed by atoms with van der Waals surface area (Å²) in [6.07, 6.45) is 3.97. The van der Waals surface area contributed by atoms with Gasteiger partial charge in [0, 0.05) is 34.9 Å². The van der Waals surface area contributed by atoms with Crippen LogP contribution >= 0.6 is 0 Å². The molecule has 3 nitrogen and oxygen atoms in total. The number of nitrogens with zero attached hydrogens (tertiary/aromatic N) is 2. The first-order valence-electron chi connectivity index (χ1n) is 10.3. The van der Waals surface area contributed by atoms with Crippen molar-refractivity contribution in [1.82, 2.24) is 9.97 Å². The Kier molecular flexibility index (Phi) is 5.68. The van der Waals surface area contributed by atoms with Gasteiger partial charge >= 0.3 is 0 Å². The van der Waals surface area contributed by atoms with Crippen LogP contribution in [0.15, 0.2) is 72.9 Å². The van der Waals surface area contributed by atoms with Crippen LogP contribution in [0.1, 0.15) is 31.5 Å². The van der Waals surface area contributed by atoms with E-state index in [1.165, 1.54) is 5.56 Å². The third-order valence-electron chi connectivity index (χ3n) is 5.33. The van der Waals surface area contributed by atoms with Crippen molar-refractivity contribution in [2.24, 2.45) is 11.7 Å². The summed E-state index contributed by atoms with van der Waals surface area (Å²) in [6.45, 7) is 5.05. The van der Waals surface area contributed by atoms with Gasteiger partial charge in [-0.3, -0.25) is 4.98 Å². The molecule has 2 aromatic carbocycles. The molecular formula is C26H27N3. The van der Waals surface area contributed by atoms with Gasteiger partial charge in [0.15, 0.2) is 0 Å². The summed E-state index contributed by atoms with van der Waals surface area (Å²) in [7, 11) is 0. The van der Waals surface area contributed by atoms with Gasteiger partial charge in [0.1, 0.15) is 0 Å². The van der Waals surface area contributed by atoms with Gasteiger partial charge in [-0.1, -0.05) is 68.4 Å². The Morgan fingerprint density at radius 1 is 0.897 bits per heavy atom. The van der Waals surface area contributed by atoms with E-state index < -0.39 is 0 Å². The fourth-order valence-corrected chi connectivity index (χ4v) is 3.63. The largest absolute Gasteiger partial charge is 0.326 e. The summed E-state index contributed by atoms with van der Waals surface area (Å²) in [5.74, 6) is 0.647. The normalized spacial score (nSPS) is 11.3. The molecule has 0 spiro atoms. The predicted molar refractivity (Wildman–Crippen MR) is 121 cm³/mol.